The van der Waals surface area contributed by atoms with Crippen molar-refractivity contribution in [2.75, 3.05) is 0 Å². The van der Waals surface area contributed by atoms with Crippen molar-refractivity contribution in [3.05, 3.63) is 65.5 Å². The van der Waals surface area contributed by atoms with E-state index in [1.54, 1.807) is 19.1 Å². The van der Waals surface area contributed by atoms with Gasteiger partial charge in [-0.25, -0.2) is 8.42 Å². The van der Waals surface area contributed by atoms with Crippen molar-refractivity contribution in [3.63, 3.8) is 0 Å². The first-order valence-electron chi connectivity index (χ1n) is 10.2. The number of carbonyl (C=O) groups excluding carboxylic acids is 1. The molecule has 3 aromatic rings. The average Bonchev–Trinajstić information content (AvgIpc) is 3.45. The number of ether oxygens (including phenoxy) is 1. The van der Waals surface area contributed by atoms with Gasteiger partial charge in [0, 0.05) is 5.56 Å². The van der Waals surface area contributed by atoms with Gasteiger partial charge in [0.05, 0.1) is 4.90 Å². The zero-order chi connectivity index (χ0) is 22.1. The zero-order valence-electron chi connectivity index (χ0n) is 17.5. The van der Waals surface area contributed by atoms with E-state index in [0.717, 1.165) is 11.1 Å². The Labute approximate surface area is 181 Å². The summed E-state index contributed by atoms with van der Waals surface area (Å²) in [6, 6.07) is 14.5. The highest BCUT2D eigenvalue weighted by molar-refractivity contribution is 7.93. The minimum Gasteiger partial charge on any atom is -0.454 e. The summed E-state index contributed by atoms with van der Waals surface area (Å²) in [5.74, 6) is -0.264. The molecule has 1 aliphatic rings. The average molecular weight is 441 g/mol. The molecule has 31 heavy (non-hydrogen) atoms. The molecule has 0 atom stereocenters. The van der Waals surface area contributed by atoms with Gasteiger partial charge in [-0.2, -0.15) is 4.98 Å². The van der Waals surface area contributed by atoms with Gasteiger partial charge < -0.3 is 9.26 Å². The van der Waals surface area contributed by atoms with Crippen molar-refractivity contribution in [1.29, 1.82) is 0 Å². The maximum absolute atomic E-state index is 13.6. The number of hydrogen-bond donors (Lipinski definition) is 0. The number of aryl methyl sites for hydroxylation is 2. The lowest BCUT2D eigenvalue weighted by atomic mass is 10.1. The van der Waals surface area contributed by atoms with Crippen LogP contribution in [0.4, 0.5) is 0 Å². The maximum Gasteiger partial charge on any atom is 0.328 e. The Hall–Kier alpha value is -3.00. The highest BCUT2D eigenvalue weighted by Crippen LogP contribution is 2.42. The van der Waals surface area contributed by atoms with Gasteiger partial charge in [0.2, 0.25) is 5.82 Å². The Morgan fingerprint density at radius 1 is 1.10 bits per heavy atom. The van der Waals surface area contributed by atoms with E-state index in [2.05, 4.69) is 10.1 Å². The molecule has 1 aromatic heterocycles. The van der Waals surface area contributed by atoms with Gasteiger partial charge in [-0.15, -0.1) is 0 Å². The highest BCUT2D eigenvalue weighted by atomic mass is 32.2. The van der Waals surface area contributed by atoms with Crippen LogP contribution in [0.5, 0.6) is 0 Å². The van der Waals surface area contributed by atoms with Crippen LogP contribution in [-0.2, 0) is 26.0 Å². The first kappa shape index (κ1) is 21.2. The van der Waals surface area contributed by atoms with E-state index < -0.39 is 20.6 Å². The van der Waals surface area contributed by atoms with Crippen LogP contribution in [0, 0.1) is 13.8 Å². The molecule has 2 aromatic carbocycles. The SMILES string of the molecule is Cc1ccc(C)c(S(=O)(=O)C2(C(=O)OCc3nc(-c4ccccc4)no3)CCCC2)c1. The Morgan fingerprint density at radius 3 is 2.52 bits per heavy atom. The van der Waals surface area contributed by atoms with Crippen LogP contribution in [0.1, 0.15) is 42.7 Å². The molecule has 4 rings (SSSR count). The number of carbonyl (C=O) groups is 1. The van der Waals surface area contributed by atoms with Crippen LogP contribution in [0.15, 0.2) is 57.9 Å². The van der Waals surface area contributed by atoms with Gasteiger partial charge in [0.25, 0.3) is 5.89 Å². The molecule has 1 saturated carbocycles. The third-order valence-electron chi connectivity index (χ3n) is 5.76. The summed E-state index contributed by atoms with van der Waals surface area (Å²) in [7, 11) is -3.94. The number of rotatable bonds is 6. The molecule has 0 aliphatic heterocycles. The normalized spacial score (nSPS) is 15.7. The topological polar surface area (TPSA) is 99.4 Å². The van der Waals surface area contributed by atoms with E-state index in [9.17, 15) is 13.2 Å². The van der Waals surface area contributed by atoms with E-state index in [4.69, 9.17) is 9.26 Å². The maximum atomic E-state index is 13.6. The van der Waals surface area contributed by atoms with E-state index in [1.807, 2.05) is 43.3 Å². The van der Waals surface area contributed by atoms with E-state index >= 15 is 0 Å². The van der Waals surface area contributed by atoms with Crippen molar-refractivity contribution < 1.29 is 22.5 Å². The summed E-state index contributed by atoms with van der Waals surface area (Å²) in [5.41, 5.74) is 2.22. The van der Waals surface area contributed by atoms with Gasteiger partial charge in [-0.1, -0.05) is 60.5 Å². The lowest BCUT2D eigenvalue weighted by Gasteiger charge is -2.27. The summed E-state index contributed by atoms with van der Waals surface area (Å²) in [6.07, 6.45) is 1.77. The molecule has 0 amide bonds. The van der Waals surface area contributed by atoms with Gasteiger partial charge in [0.15, 0.2) is 21.2 Å². The third-order valence-corrected chi connectivity index (χ3v) is 8.38. The molecular weight excluding hydrogens is 416 g/mol. The molecule has 0 bridgehead atoms. The number of aromatic nitrogens is 2. The second-order valence-electron chi connectivity index (χ2n) is 7.93. The Balaban J connectivity index is 1.57. The highest BCUT2D eigenvalue weighted by Gasteiger charge is 2.54. The summed E-state index contributed by atoms with van der Waals surface area (Å²) in [4.78, 5) is 17.6. The number of hydrogen-bond acceptors (Lipinski definition) is 7. The first-order valence-corrected chi connectivity index (χ1v) is 11.7. The van der Waals surface area contributed by atoms with Crippen LogP contribution in [-0.4, -0.2) is 29.3 Å². The molecule has 0 saturated heterocycles. The molecular formula is C23H24N2O5S. The molecule has 162 valence electrons. The van der Waals surface area contributed by atoms with Gasteiger partial charge in [-0.05, 0) is 43.9 Å². The van der Waals surface area contributed by atoms with Gasteiger partial charge in [0.1, 0.15) is 0 Å². The fraction of sp³-hybridized carbons (Fsp3) is 0.348. The Kier molecular flexibility index (Phi) is 5.66. The number of sulfone groups is 1. The predicted molar refractivity (Wildman–Crippen MR) is 114 cm³/mol. The number of esters is 1. The quantitative estimate of drug-likeness (QED) is 0.530. The number of benzene rings is 2. The standard InChI is InChI=1S/C23H24N2O5S/c1-16-10-11-17(2)19(14-16)31(27,28)23(12-6-7-13-23)22(26)29-15-20-24-21(25-30-20)18-8-4-3-5-9-18/h3-5,8-11,14H,6-7,12-13,15H2,1-2H3. The minimum absolute atomic E-state index is 0.115. The van der Waals surface area contributed by atoms with Crippen LogP contribution >= 0.6 is 0 Å². The molecule has 8 heteroatoms. The second kappa shape index (κ2) is 8.26. The van der Waals surface area contributed by atoms with Gasteiger partial charge in [-0.3, -0.25) is 4.79 Å². The largest absolute Gasteiger partial charge is 0.454 e. The molecule has 1 heterocycles. The number of nitrogens with zero attached hydrogens (tertiary/aromatic N) is 2. The van der Waals surface area contributed by atoms with Crippen LogP contribution in [0.3, 0.4) is 0 Å². The van der Waals surface area contributed by atoms with Gasteiger partial charge >= 0.3 is 5.97 Å². The van der Waals surface area contributed by atoms with Crippen molar-refractivity contribution in [2.24, 2.45) is 0 Å². The van der Waals surface area contributed by atoms with Crippen molar-refractivity contribution in [1.82, 2.24) is 10.1 Å². The lowest BCUT2D eigenvalue weighted by Crippen LogP contribution is -2.45. The first-order chi connectivity index (χ1) is 14.8. The zero-order valence-corrected chi connectivity index (χ0v) is 18.3. The lowest BCUT2D eigenvalue weighted by molar-refractivity contribution is -0.148. The summed E-state index contributed by atoms with van der Waals surface area (Å²) in [6.45, 7) is 3.30. The predicted octanol–water partition coefficient (Wildman–Crippen LogP) is 4.18. The fourth-order valence-corrected chi connectivity index (χ4v) is 6.37. The fourth-order valence-electron chi connectivity index (χ4n) is 4.01. The van der Waals surface area contributed by atoms with Crippen LogP contribution in [0.25, 0.3) is 11.4 Å². The molecule has 0 radical (unpaired) electrons. The Bertz CT molecular complexity index is 1200. The van der Waals surface area contributed by atoms with Crippen LogP contribution in [0.2, 0.25) is 0 Å². The minimum atomic E-state index is -3.94. The summed E-state index contributed by atoms with van der Waals surface area (Å²) < 4.78 is 36.3. The summed E-state index contributed by atoms with van der Waals surface area (Å²) >= 11 is 0. The Morgan fingerprint density at radius 2 is 1.81 bits per heavy atom. The molecule has 1 fully saturated rings. The molecule has 1 aliphatic carbocycles. The third kappa shape index (κ3) is 3.87. The molecule has 0 unspecified atom stereocenters. The molecule has 0 spiro atoms. The van der Waals surface area contributed by atoms with Crippen molar-refractivity contribution in [2.45, 2.75) is 55.8 Å². The van der Waals surface area contributed by atoms with Crippen LogP contribution < -0.4 is 0 Å². The van der Waals surface area contributed by atoms with E-state index in [1.165, 1.54) is 0 Å². The monoisotopic (exact) mass is 440 g/mol. The van der Waals surface area contributed by atoms with Crippen molar-refractivity contribution >= 4 is 15.8 Å². The smallest absolute Gasteiger partial charge is 0.328 e. The van der Waals surface area contributed by atoms with Crippen molar-refractivity contribution in [3.8, 4) is 11.4 Å². The van der Waals surface area contributed by atoms with E-state index in [-0.39, 0.29) is 30.2 Å². The summed E-state index contributed by atoms with van der Waals surface area (Å²) in [5, 5.41) is 3.90. The second-order valence-corrected chi connectivity index (χ2v) is 10.2. The van der Waals surface area contributed by atoms with E-state index in [0.29, 0.717) is 24.2 Å². The molecule has 0 N–H and O–H groups in total. The molecule has 7 nitrogen and oxygen atoms in total.